The molecule has 0 heterocycles. The van der Waals surface area contributed by atoms with Crippen molar-refractivity contribution in [2.24, 2.45) is 0 Å². The third-order valence-corrected chi connectivity index (χ3v) is 3.92. The molecule has 0 aliphatic carbocycles. The fourth-order valence-corrected chi connectivity index (χ4v) is 3.16. The van der Waals surface area contributed by atoms with Gasteiger partial charge in [0.1, 0.15) is 5.82 Å². The van der Waals surface area contributed by atoms with Crippen LogP contribution in [0.2, 0.25) is 5.02 Å². The van der Waals surface area contributed by atoms with Crippen LogP contribution in [0.25, 0.3) is 10.8 Å². The summed E-state index contributed by atoms with van der Waals surface area (Å²) in [6.07, 6.45) is 0. The van der Waals surface area contributed by atoms with Gasteiger partial charge >= 0.3 is 0 Å². The fraction of sp³-hybridized carbons (Fsp3) is 0. The lowest BCUT2D eigenvalue weighted by atomic mass is 9.97. The van der Waals surface area contributed by atoms with Crippen LogP contribution >= 0.6 is 27.5 Å². The Bertz CT molecular complexity index is 840. The van der Waals surface area contributed by atoms with Gasteiger partial charge in [-0.15, -0.1) is 0 Å². The Kier molecular flexibility index (Phi) is 3.79. The van der Waals surface area contributed by atoms with E-state index in [2.05, 4.69) is 15.9 Å². The molecule has 0 saturated carbocycles. The van der Waals surface area contributed by atoms with E-state index in [0.717, 1.165) is 4.47 Å². The number of benzene rings is 3. The van der Waals surface area contributed by atoms with Gasteiger partial charge in [-0.1, -0.05) is 51.8 Å². The smallest absolute Gasteiger partial charge is 0.193 e. The van der Waals surface area contributed by atoms with Crippen molar-refractivity contribution in [2.75, 3.05) is 0 Å². The molecule has 0 unspecified atom stereocenters. The quantitative estimate of drug-likeness (QED) is 0.540. The molecule has 3 rings (SSSR count). The highest BCUT2D eigenvalue weighted by atomic mass is 79.9. The molecule has 0 amide bonds. The van der Waals surface area contributed by atoms with Crippen molar-refractivity contribution < 1.29 is 9.18 Å². The number of fused-ring (bicyclic) bond motifs is 1. The number of ketones is 1. The first kappa shape index (κ1) is 14.2. The first-order valence-corrected chi connectivity index (χ1v) is 7.41. The second-order valence-electron chi connectivity index (χ2n) is 4.63. The zero-order valence-electron chi connectivity index (χ0n) is 10.7. The largest absolute Gasteiger partial charge is 0.289 e. The molecule has 0 atom stereocenters. The maximum atomic E-state index is 13.8. The summed E-state index contributed by atoms with van der Waals surface area (Å²) in [7, 11) is 0. The van der Waals surface area contributed by atoms with Crippen LogP contribution in [0.1, 0.15) is 15.9 Å². The number of rotatable bonds is 2. The molecule has 4 heteroatoms. The summed E-state index contributed by atoms with van der Waals surface area (Å²) in [6.45, 7) is 0. The zero-order chi connectivity index (χ0) is 15.0. The van der Waals surface area contributed by atoms with Crippen LogP contribution in [0.5, 0.6) is 0 Å². The van der Waals surface area contributed by atoms with Gasteiger partial charge < -0.3 is 0 Å². The minimum Gasteiger partial charge on any atom is -0.289 e. The van der Waals surface area contributed by atoms with E-state index in [1.165, 1.54) is 12.1 Å². The number of halogens is 3. The summed E-state index contributed by atoms with van der Waals surface area (Å²) in [5, 5.41) is 1.50. The van der Waals surface area contributed by atoms with Crippen LogP contribution in [0, 0.1) is 5.82 Å². The van der Waals surface area contributed by atoms with Crippen molar-refractivity contribution in [3.05, 3.63) is 81.0 Å². The van der Waals surface area contributed by atoms with E-state index in [4.69, 9.17) is 11.6 Å². The van der Waals surface area contributed by atoms with Gasteiger partial charge in [-0.05, 0) is 35.7 Å². The Morgan fingerprint density at radius 1 is 1.00 bits per heavy atom. The van der Waals surface area contributed by atoms with E-state index >= 15 is 0 Å². The van der Waals surface area contributed by atoms with Crippen molar-refractivity contribution in [1.82, 2.24) is 0 Å². The Balaban J connectivity index is 2.20. The van der Waals surface area contributed by atoms with E-state index in [-0.39, 0.29) is 11.6 Å². The zero-order valence-corrected chi connectivity index (χ0v) is 13.1. The van der Waals surface area contributed by atoms with Crippen LogP contribution in [-0.4, -0.2) is 5.78 Å². The molecule has 104 valence electrons. The summed E-state index contributed by atoms with van der Waals surface area (Å²) in [6, 6.07) is 14.8. The van der Waals surface area contributed by atoms with E-state index in [9.17, 15) is 9.18 Å². The molecule has 0 saturated heterocycles. The topological polar surface area (TPSA) is 17.1 Å². The molecule has 0 aromatic heterocycles. The average molecular weight is 364 g/mol. The number of hydrogen-bond acceptors (Lipinski definition) is 1. The molecule has 3 aromatic carbocycles. The van der Waals surface area contributed by atoms with Crippen molar-refractivity contribution in [3.63, 3.8) is 0 Å². The van der Waals surface area contributed by atoms with Crippen LogP contribution < -0.4 is 0 Å². The predicted octanol–water partition coefficient (Wildman–Crippen LogP) is 5.63. The van der Waals surface area contributed by atoms with Gasteiger partial charge in [-0.3, -0.25) is 4.79 Å². The third kappa shape index (κ3) is 2.71. The number of carbonyl (C=O) groups is 1. The van der Waals surface area contributed by atoms with Gasteiger partial charge in [0.05, 0.1) is 0 Å². The summed E-state index contributed by atoms with van der Waals surface area (Å²) in [5.74, 6) is -0.524. The van der Waals surface area contributed by atoms with Gasteiger partial charge in [0, 0.05) is 26.0 Å². The number of carbonyl (C=O) groups excluding carboxylic acids is 1. The van der Waals surface area contributed by atoms with Gasteiger partial charge in [0.15, 0.2) is 5.78 Å². The van der Waals surface area contributed by atoms with E-state index < -0.39 is 0 Å². The maximum Gasteiger partial charge on any atom is 0.193 e. The summed E-state index contributed by atoms with van der Waals surface area (Å²) in [5.41, 5.74) is 0.923. The van der Waals surface area contributed by atoms with Crippen LogP contribution in [0.4, 0.5) is 4.39 Å². The highest BCUT2D eigenvalue weighted by molar-refractivity contribution is 9.10. The van der Waals surface area contributed by atoms with Crippen LogP contribution in [-0.2, 0) is 0 Å². The minimum atomic E-state index is -0.338. The SMILES string of the molecule is O=C(c1cc(Cl)cc(Br)c1)c1ccc(F)c2ccccc12. The lowest BCUT2D eigenvalue weighted by molar-refractivity contribution is 0.104. The highest BCUT2D eigenvalue weighted by Crippen LogP contribution is 2.26. The highest BCUT2D eigenvalue weighted by Gasteiger charge is 2.15. The first-order valence-electron chi connectivity index (χ1n) is 6.24. The van der Waals surface area contributed by atoms with E-state index in [0.29, 0.717) is 26.9 Å². The minimum absolute atomic E-state index is 0.186. The van der Waals surface area contributed by atoms with E-state index in [1.807, 2.05) is 0 Å². The average Bonchev–Trinajstić information content (AvgIpc) is 2.46. The van der Waals surface area contributed by atoms with Crippen molar-refractivity contribution in [1.29, 1.82) is 0 Å². The van der Waals surface area contributed by atoms with Gasteiger partial charge in [-0.2, -0.15) is 0 Å². The van der Waals surface area contributed by atoms with Crippen molar-refractivity contribution in [2.45, 2.75) is 0 Å². The summed E-state index contributed by atoms with van der Waals surface area (Å²) >= 11 is 9.30. The fourth-order valence-electron chi connectivity index (χ4n) is 2.30. The molecular weight excluding hydrogens is 355 g/mol. The molecular formula is C17H9BrClFO. The molecule has 0 aliphatic heterocycles. The molecule has 3 aromatic rings. The predicted molar refractivity (Wildman–Crippen MR) is 86.5 cm³/mol. The van der Waals surface area contributed by atoms with Gasteiger partial charge in [0.25, 0.3) is 0 Å². The Hall–Kier alpha value is -1.71. The second-order valence-corrected chi connectivity index (χ2v) is 5.98. The van der Waals surface area contributed by atoms with Gasteiger partial charge in [-0.25, -0.2) is 4.39 Å². The monoisotopic (exact) mass is 362 g/mol. The lowest BCUT2D eigenvalue weighted by Crippen LogP contribution is -2.03. The van der Waals surface area contributed by atoms with Gasteiger partial charge in [0.2, 0.25) is 0 Å². The van der Waals surface area contributed by atoms with Crippen LogP contribution in [0.3, 0.4) is 0 Å². The maximum absolute atomic E-state index is 13.8. The Morgan fingerprint density at radius 2 is 1.71 bits per heavy atom. The molecule has 0 bridgehead atoms. The molecule has 0 N–H and O–H groups in total. The Labute approximate surface area is 134 Å². The molecule has 0 spiro atoms. The Morgan fingerprint density at radius 3 is 2.43 bits per heavy atom. The van der Waals surface area contributed by atoms with Crippen molar-refractivity contribution >= 4 is 44.1 Å². The molecule has 0 radical (unpaired) electrons. The third-order valence-electron chi connectivity index (χ3n) is 3.24. The molecule has 0 fully saturated rings. The molecule has 21 heavy (non-hydrogen) atoms. The second kappa shape index (κ2) is 5.58. The van der Waals surface area contributed by atoms with Crippen LogP contribution in [0.15, 0.2) is 59.1 Å². The summed E-state index contributed by atoms with van der Waals surface area (Å²) in [4.78, 5) is 12.7. The molecule has 0 aliphatic rings. The standard InChI is InChI=1S/C17H9BrClFO/c18-11-7-10(8-12(19)9-11)17(21)15-5-6-16(20)14-4-2-1-3-13(14)15/h1-9H. The lowest BCUT2D eigenvalue weighted by Gasteiger charge is -2.07. The summed E-state index contributed by atoms with van der Waals surface area (Å²) < 4.78 is 14.5. The van der Waals surface area contributed by atoms with Crippen molar-refractivity contribution in [3.8, 4) is 0 Å². The molecule has 1 nitrogen and oxygen atoms in total. The van der Waals surface area contributed by atoms with E-state index in [1.54, 1.807) is 42.5 Å². The first-order chi connectivity index (χ1) is 10.1. The normalized spacial score (nSPS) is 10.8. The number of hydrogen-bond donors (Lipinski definition) is 0.